The van der Waals surface area contributed by atoms with Crippen molar-refractivity contribution in [3.05, 3.63) is 28.2 Å². The maximum Gasteiger partial charge on any atom is 0.301 e. The highest BCUT2D eigenvalue weighted by molar-refractivity contribution is 7.90. The van der Waals surface area contributed by atoms with Crippen molar-refractivity contribution in [3.8, 4) is 0 Å². The molecule has 0 unspecified atom stereocenters. The van der Waals surface area contributed by atoms with Crippen LogP contribution >= 0.6 is 23.2 Å². The van der Waals surface area contributed by atoms with Crippen molar-refractivity contribution in [1.29, 1.82) is 0 Å². The Morgan fingerprint density at radius 2 is 1.67 bits per heavy atom. The Morgan fingerprint density at radius 1 is 1.20 bits per heavy atom. The number of hydrogen-bond donors (Lipinski definition) is 1. The molecular formula is C8H10Cl2N2O2S. The second-order valence-corrected chi connectivity index (χ2v) is 5.69. The maximum absolute atomic E-state index is 11.5. The van der Waals surface area contributed by atoms with Gasteiger partial charge in [0.05, 0.1) is 15.7 Å². The molecule has 1 N–H and O–H groups in total. The molecule has 15 heavy (non-hydrogen) atoms. The lowest BCUT2D eigenvalue weighted by atomic mass is 10.3. The van der Waals surface area contributed by atoms with E-state index in [1.807, 2.05) is 0 Å². The molecule has 1 aromatic rings. The molecule has 0 aromatic heterocycles. The highest BCUT2D eigenvalue weighted by atomic mass is 35.5. The van der Waals surface area contributed by atoms with Crippen LogP contribution in [0.1, 0.15) is 0 Å². The predicted molar refractivity (Wildman–Crippen MR) is 62.7 cm³/mol. The predicted octanol–water partition coefficient (Wildman–Crippen LogP) is 2.21. The molecular weight excluding hydrogens is 259 g/mol. The zero-order chi connectivity index (χ0) is 11.6. The van der Waals surface area contributed by atoms with Gasteiger partial charge in [0.25, 0.3) is 0 Å². The van der Waals surface area contributed by atoms with E-state index in [2.05, 4.69) is 4.72 Å². The summed E-state index contributed by atoms with van der Waals surface area (Å²) in [7, 11) is -0.762. The van der Waals surface area contributed by atoms with E-state index >= 15 is 0 Å². The van der Waals surface area contributed by atoms with Crippen molar-refractivity contribution in [2.24, 2.45) is 0 Å². The number of nitrogens with zero attached hydrogens (tertiary/aromatic N) is 1. The Hall–Kier alpha value is -0.490. The number of para-hydroxylation sites is 1. The standard InChI is InChI=1S/C8H10Cl2N2O2S/c1-12(2)15(13,14)11-8-6(9)4-3-5-7(8)10/h3-5,11H,1-2H3. The summed E-state index contributed by atoms with van der Waals surface area (Å²) in [5, 5.41) is 0.515. The third-order valence-electron chi connectivity index (χ3n) is 1.67. The third kappa shape index (κ3) is 2.98. The van der Waals surface area contributed by atoms with E-state index in [4.69, 9.17) is 23.2 Å². The Morgan fingerprint density at radius 3 is 2.07 bits per heavy atom. The molecule has 0 fully saturated rings. The van der Waals surface area contributed by atoms with Gasteiger partial charge in [-0.2, -0.15) is 12.7 Å². The van der Waals surface area contributed by atoms with E-state index in [9.17, 15) is 8.42 Å². The topological polar surface area (TPSA) is 49.4 Å². The SMILES string of the molecule is CN(C)S(=O)(=O)Nc1c(Cl)cccc1Cl. The fourth-order valence-corrected chi connectivity index (χ4v) is 2.08. The van der Waals surface area contributed by atoms with Gasteiger partial charge >= 0.3 is 10.2 Å². The summed E-state index contributed by atoms with van der Waals surface area (Å²) in [6.07, 6.45) is 0. The minimum Gasteiger partial charge on any atom is -0.268 e. The molecule has 0 aliphatic carbocycles. The average Bonchev–Trinajstić information content (AvgIpc) is 2.11. The van der Waals surface area contributed by atoms with Crippen LogP contribution in [-0.4, -0.2) is 26.8 Å². The van der Waals surface area contributed by atoms with Crippen molar-refractivity contribution < 1.29 is 8.42 Å². The van der Waals surface area contributed by atoms with Crippen LogP contribution in [0.15, 0.2) is 18.2 Å². The van der Waals surface area contributed by atoms with E-state index in [0.717, 1.165) is 4.31 Å². The molecule has 0 radical (unpaired) electrons. The van der Waals surface area contributed by atoms with Crippen molar-refractivity contribution in [2.75, 3.05) is 18.8 Å². The van der Waals surface area contributed by atoms with Gasteiger partial charge in [0, 0.05) is 14.1 Å². The average molecular weight is 269 g/mol. The number of nitrogens with one attached hydrogen (secondary N) is 1. The van der Waals surface area contributed by atoms with Crippen LogP contribution in [0, 0.1) is 0 Å². The molecule has 0 atom stereocenters. The number of benzene rings is 1. The Labute approximate surface area is 99.0 Å². The Balaban J connectivity index is 3.11. The molecule has 0 aliphatic rings. The molecule has 4 nitrogen and oxygen atoms in total. The monoisotopic (exact) mass is 268 g/mol. The van der Waals surface area contributed by atoms with Crippen molar-refractivity contribution in [2.45, 2.75) is 0 Å². The summed E-state index contributed by atoms with van der Waals surface area (Å²) >= 11 is 11.6. The van der Waals surface area contributed by atoms with Gasteiger partial charge in [0.1, 0.15) is 0 Å². The van der Waals surface area contributed by atoms with Crippen LogP contribution in [0.4, 0.5) is 5.69 Å². The molecule has 0 amide bonds. The fourth-order valence-electron chi connectivity index (χ4n) is 0.816. The van der Waals surface area contributed by atoms with E-state index in [-0.39, 0.29) is 15.7 Å². The summed E-state index contributed by atoms with van der Waals surface area (Å²) in [6, 6.07) is 4.75. The number of anilines is 1. The van der Waals surface area contributed by atoms with Crippen molar-refractivity contribution in [3.63, 3.8) is 0 Å². The van der Waals surface area contributed by atoms with Gasteiger partial charge in [0.2, 0.25) is 0 Å². The largest absolute Gasteiger partial charge is 0.301 e. The van der Waals surface area contributed by atoms with Crippen LogP contribution in [-0.2, 0) is 10.2 Å². The molecule has 0 spiro atoms. The molecule has 1 rings (SSSR count). The van der Waals surface area contributed by atoms with E-state index in [1.165, 1.54) is 14.1 Å². The number of rotatable bonds is 3. The fraction of sp³-hybridized carbons (Fsp3) is 0.250. The van der Waals surface area contributed by atoms with E-state index < -0.39 is 10.2 Å². The molecule has 1 aromatic carbocycles. The second-order valence-electron chi connectivity index (χ2n) is 2.99. The lowest BCUT2D eigenvalue weighted by Gasteiger charge is -2.15. The number of halogens is 2. The number of hydrogen-bond acceptors (Lipinski definition) is 2. The summed E-state index contributed by atoms with van der Waals surface area (Å²) < 4.78 is 26.3. The maximum atomic E-state index is 11.5. The van der Waals surface area contributed by atoms with Crippen LogP contribution in [0.3, 0.4) is 0 Å². The first-order valence-electron chi connectivity index (χ1n) is 3.99. The molecule has 0 heterocycles. The molecule has 7 heteroatoms. The normalized spacial score (nSPS) is 11.8. The Kier molecular flexibility index (Phi) is 3.83. The summed E-state index contributed by atoms with van der Waals surface area (Å²) in [5.41, 5.74) is 0.189. The van der Waals surface area contributed by atoms with Gasteiger partial charge in [0.15, 0.2) is 0 Å². The van der Waals surface area contributed by atoms with Crippen LogP contribution in [0.5, 0.6) is 0 Å². The molecule has 0 saturated heterocycles. The molecule has 0 bridgehead atoms. The van der Waals surface area contributed by atoms with Crippen LogP contribution < -0.4 is 4.72 Å². The highest BCUT2D eigenvalue weighted by Crippen LogP contribution is 2.30. The third-order valence-corrected chi connectivity index (χ3v) is 3.73. The molecule has 0 aliphatic heterocycles. The highest BCUT2D eigenvalue weighted by Gasteiger charge is 2.16. The minimum atomic E-state index is -3.58. The van der Waals surface area contributed by atoms with Gasteiger partial charge in [-0.15, -0.1) is 0 Å². The first kappa shape index (κ1) is 12.6. The Bertz CT molecular complexity index is 439. The summed E-state index contributed by atoms with van der Waals surface area (Å²) in [5.74, 6) is 0. The zero-order valence-corrected chi connectivity index (χ0v) is 10.5. The van der Waals surface area contributed by atoms with Gasteiger partial charge in [-0.25, -0.2) is 0 Å². The van der Waals surface area contributed by atoms with Crippen molar-refractivity contribution in [1.82, 2.24) is 4.31 Å². The smallest absolute Gasteiger partial charge is 0.268 e. The lowest BCUT2D eigenvalue weighted by Crippen LogP contribution is -2.29. The quantitative estimate of drug-likeness (QED) is 0.914. The first-order chi connectivity index (χ1) is 6.84. The van der Waals surface area contributed by atoms with E-state index in [1.54, 1.807) is 18.2 Å². The lowest BCUT2D eigenvalue weighted by molar-refractivity contribution is 0.527. The van der Waals surface area contributed by atoms with Crippen molar-refractivity contribution >= 4 is 39.1 Å². The summed E-state index contributed by atoms with van der Waals surface area (Å²) in [6.45, 7) is 0. The van der Waals surface area contributed by atoms with Gasteiger partial charge in [-0.05, 0) is 12.1 Å². The molecule has 0 saturated carbocycles. The van der Waals surface area contributed by atoms with Crippen LogP contribution in [0.25, 0.3) is 0 Å². The first-order valence-corrected chi connectivity index (χ1v) is 6.18. The summed E-state index contributed by atoms with van der Waals surface area (Å²) in [4.78, 5) is 0. The zero-order valence-electron chi connectivity index (χ0n) is 8.16. The minimum absolute atomic E-state index is 0.189. The molecule has 84 valence electrons. The van der Waals surface area contributed by atoms with E-state index in [0.29, 0.717) is 0 Å². The van der Waals surface area contributed by atoms with Gasteiger partial charge in [-0.1, -0.05) is 29.3 Å². The van der Waals surface area contributed by atoms with Gasteiger partial charge < -0.3 is 0 Å². The second kappa shape index (κ2) is 4.57. The van der Waals surface area contributed by atoms with Gasteiger partial charge in [-0.3, -0.25) is 4.72 Å². The van der Waals surface area contributed by atoms with Crippen LogP contribution in [0.2, 0.25) is 10.0 Å².